The van der Waals surface area contributed by atoms with E-state index in [-0.39, 0.29) is 0 Å². The van der Waals surface area contributed by atoms with E-state index in [0.29, 0.717) is 0 Å². The molecule has 0 atom stereocenters. The highest BCUT2D eigenvalue weighted by Crippen LogP contribution is 2.27. The molecule has 0 saturated carbocycles. The van der Waals surface area contributed by atoms with E-state index >= 15 is 0 Å². The first-order valence-corrected chi connectivity index (χ1v) is 4.27. The standard InChI is InChI=1S/C8H8N2S/c1-5-6(2)11-8-4-10-9-3-7(5)8/h3-4H,1-2H3. The Bertz CT molecular complexity index is 392. The number of rotatable bonds is 0. The fourth-order valence-electron chi connectivity index (χ4n) is 1.10. The molecule has 0 aliphatic heterocycles. The molecule has 0 aliphatic carbocycles. The molecule has 0 saturated heterocycles. The zero-order valence-corrected chi connectivity index (χ0v) is 7.27. The van der Waals surface area contributed by atoms with Crippen LogP contribution in [-0.2, 0) is 0 Å². The molecule has 0 spiro atoms. The molecule has 2 aromatic rings. The predicted octanol–water partition coefficient (Wildman–Crippen LogP) is 2.31. The molecule has 0 aromatic carbocycles. The van der Waals surface area contributed by atoms with Crippen molar-refractivity contribution in [1.29, 1.82) is 0 Å². The van der Waals surface area contributed by atoms with E-state index in [4.69, 9.17) is 0 Å². The Balaban J connectivity index is 2.92. The summed E-state index contributed by atoms with van der Waals surface area (Å²) in [6.45, 7) is 4.25. The predicted molar refractivity (Wildman–Crippen MR) is 46.9 cm³/mol. The number of fused-ring (bicyclic) bond motifs is 1. The minimum atomic E-state index is 1.23. The Kier molecular flexibility index (Phi) is 1.39. The van der Waals surface area contributed by atoms with Gasteiger partial charge in [0.25, 0.3) is 0 Å². The maximum atomic E-state index is 3.84. The quantitative estimate of drug-likeness (QED) is 0.597. The summed E-state index contributed by atoms with van der Waals surface area (Å²) in [5.41, 5.74) is 1.33. The first-order valence-electron chi connectivity index (χ1n) is 3.45. The summed E-state index contributed by atoms with van der Waals surface area (Å²) < 4.78 is 1.23. The van der Waals surface area contributed by atoms with Gasteiger partial charge in [0.2, 0.25) is 0 Å². The van der Waals surface area contributed by atoms with Gasteiger partial charge >= 0.3 is 0 Å². The summed E-state index contributed by atoms with van der Waals surface area (Å²) >= 11 is 1.78. The maximum absolute atomic E-state index is 3.84. The first kappa shape index (κ1) is 6.73. The molecule has 0 bridgehead atoms. The summed E-state index contributed by atoms with van der Waals surface area (Å²) in [7, 11) is 0. The molecular formula is C8H8N2S. The van der Waals surface area contributed by atoms with Crippen LogP contribution in [0.15, 0.2) is 12.4 Å². The fourth-order valence-corrected chi connectivity index (χ4v) is 2.11. The van der Waals surface area contributed by atoms with Crippen LogP contribution in [0.2, 0.25) is 0 Å². The average molecular weight is 164 g/mol. The van der Waals surface area contributed by atoms with Crippen LogP contribution >= 0.6 is 11.3 Å². The Morgan fingerprint density at radius 1 is 1.18 bits per heavy atom. The molecule has 11 heavy (non-hydrogen) atoms. The molecule has 2 nitrogen and oxygen atoms in total. The van der Waals surface area contributed by atoms with Gasteiger partial charge in [0.1, 0.15) is 0 Å². The largest absolute Gasteiger partial charge is 0.158 e. The number of aryl methyl sites for hydroxylation is 2. The van der Waals surface area contributed by atoms with Gasteiger partial charge in [-0.05, 0) is 19.4 Å². The smallest absolute Gasteiger partial charge is 0.0674 e. The Hall–Kier alpha value is -0.960. The fraction of sp³-hybridized carbons (Fsp3) is 0.250. The Morgan fingerprint density at radius 2 is 1.91 bits per heavy atom. The molecule has 56 valence electrons. The van der Waals surface area contributed by atoms with E-state index in [9.17, 15) is 0 Å². The number of nitrogens with zero attached hydrogens (tertiary/aromatic N) is 2. The van der Waals surface area contributed by atoms with Crippen LogP contribution < -0.4 is 0 Å². The molecule has 0 amide bonds. The second-order valence-corrected chi connectivity index (χ2v) is 3.81. The first-order chi connectivity index (χ1) is 5.29. The van der Waals surface area contributed by atoms with E-state index in [0.717, 1.165) is 0 Å². The lowest BCUT2D eigenvalue weighted by Gasteiger charge is -1.87. The van der Waals surface area contributed by atoms with Crippen LogP contribution in [0.3, 0.4) is 0 Å². The van der Waals surface area contributed by atoms with Crippen molar-refractivity contribution in [1.82, 2.24) is 10.2 Å². The Labute approximate surface area is 68.9 Å². The van der Waals surface area contributed by atoms with Crippen LogP contribution in [0, 0.1) is 13.8 Å². The highest BCUT2D eigenvalue weighted by atomic mass is 32.1. The summed E-state index contributed by atoms with van der Waals surface area (Å²) in [6, 6.07) is 0. The van der Waals surface area contributed by atoms with Crippen LogP contribution in [-0.4, -0.2) is 10.2 Å². The van der Waals surface area contributed by atoms with Crippen molar-refractivity contribution in [3.05, 3.63) is 22.8 Å². The Morgan fingerprint density at radius 3 is 2.64 bits per heavy atom. The van der Waals surface area contributed by atoms with Crippen molar-refractivity contribution < 1.29 is 0 Å². The van der Waals surface area contributed by atoms with Crippen LogP contribution in [0.1, 0.15) is 10.4 Å². The SMILES string of the molecule is Cc1sc2cnncc2c1C. The van der Waals surface area contributed by atoms with Gasteiger partial charge in [-0.3, -0.25) is 0 Å². The van der Waals surface area contributed by atoms with Gasteiger partial charge in [-0.2, -0.15) is 10.2 Å². The summed E-state index contributed by atoms with van der Waals surface area (Å²) in [5, 5.41) is 8.91. The third kappa shape index (κ3) is 0.922. The van der Waals surface area contributed by atoms with Gasteiger partial charge in [-0.15, -0.1) is 11.3 Å². The highest BCUT2D eigenvalue weighted by Gasteiger charge is 2.03. The zero-order chi connectivity index (χ0) is 7.84. The van der Waals surface area contributed by atoms with Crippen LogP contribution in [0.4, 0.5) is 0 Å². The topological polar surface area (TPSA) is 25.8 Å². The molecule has 0 N–H and O–H groups in total. The second kappa shape index (κ2) is 2.27. The van der Waals surface area contributed by atoms with E-state index in [1.54, 1.807) is 11.3 Å². The molecule has 0 aliphatic rings. The van der Waals surface area contributed by atoms with Gasteiger partial charge in [0.15, 0.2) is 0 Å². The average Bonchev–Trinajstić information content (AvgIpc) is 2.30. The molecule has 3 heteroatoms. The summed E-state index contributed by atoms with van der Waals surface area (Å²) in [4.78, 5) is 1.36. The number of hydrogen-bond donors (Lipinski definition) is 0. The van der Waals surface area contributed by atoms with Gasteiger partial charge in [-0.25, -0.2) is 0 Å². The van der Waals surface area contributed by atoms with E-state index in [2.05, 4.69) is 24.0 Å². The van der Waals surface area contributed by atoms with Crippen molar-refractivity contribution in [3.8, 4) is 0 Å². The lowest BCUT2D eigenvalue weighted by Crippen LogP contribution is -1.76. The van der Waals surface area contributed by atoms with Crippen molar-refractivity contribution in [2.45, 2.75) is 13.8 Å². The van der Waals surface area contributed by atoms with Crippen molar-refractivity contribution in [2.24, 2.45) is 0 Å². The number of aromatic nitrogens is 2. The molecule has 0 fully saturated rings. The van der Waals surface area contributed by atoms with E-state index in [1.165, 1.54) is 20.5 Å². The van der Waals surface area contributed by atoms with Gasteiger partial charge in [0, 0.05) is 10.3 Å². The normalized spacial score (nSPS) is 10.7. The van der Waals surface area contributed by atoms with Crippen molar-refractivity contribution in [3.63, 3.8) is 0 Å². The molecule has 0 radical (unpaired) electrons. The molecule has 0 unspecified atom stereocenters. The summed E-state index contributed by atoms with van der Waals surface area (Å²) in [5.74, 6) is 0. The highest BCUT2D eigenvalue weighted by molar-refractivity contribution is 7.19. The molecular weight excluding hydrogens is 156 g/mol. The van der Waals surface area contributed by atoms with Gasteiger partial charge in [0.05, 0.1) is 17.1 Å². The van der Waals surface area contributed by atoms with Crippen LogP contribution in [0.5, 0.6) is 0 Å². The molecule has 2 aromatic heterocycles. The third-order valence-corrected chi connectivity index (χ3v) is 3.05. The van der Waals surface area contributed by atoms with Crippen molar-refractivity contribution in [2.75, 3.05) is 0 Å². The minimum absolute atomic E-state index is 1.23. The zero-order valence-electron chi connectivity index (χ0n) is 6.46. The van der Waals surface area contributed by atoms with E-state index < -0.39 is 0 Å². The number of thiophene rings is 1. The monoisotopic (exact) mass is 164 g/mol. The molecule has 2 heterocycles. The van der Waals surface area contributed by atoms with Gasteiger partial charge in [-0.1, -0.05) is 0 Å². The molecule has 2 rings (SSSR count). The summed E-state index contributed by atoms with van der Waals surface area (Å²) in [6.07, 6.45) is 3.65. The van der Waals surface area contributed by atoms with E-state index in [1.807, 2.05) is 12.4 Å². The third-order valence-electron chi connectivity index (χ3n) is 1.89. The second-order valence-electron chi connectivity index (χ2n) is 2.55. The number of hydrogen-bond acceptors (Lipinski definition) is 3. The van der Waals surface area contributed by atoms with Gasteiger partial charge < -0.3 is 0 Å². The lowest BCUT2D eigenvalue weighted by atomic mass is 10.2. The van der Waals surface area contributed by atoms with Crippen LogP contribution in [0.25, 0.3) is 10.1 Å². The lowest BCUT2D eigenvalue weighted by molar-refractivity contribution is 1.05. The minimum Gasteiger partial charge on any atom is -0.158 e. The maximum Gasteiger partial charge on any atom is 0.0674 e. The van der Waals surface area contributed by atoms with Crippen molar-refractivity contribution >= 4 is 21.4 Å².